The Morgan fingerprint density at radius 1 is 1.30 bits per heavy atom. The number of carboxylic acid groups (broad SMARTS) is 1. The molecule has 1 aromatic carbocycles. The Morgan fingerprint density at radius 2 is 2.07 bits per heavy atom. The minimum absolute atomic E-state index is 0.123. The summed E-state index contributed by atoms with van der Waals surface area (Å²) < 4.78 is 11.5. The van der Waals surface area contributed by atoms with E-state index in [9.17, 15) is 4.79 Å². The number of rotatable bonds is 7. The lowest BCUT2D eigenvalue weighted by molar-refractivity contribution is -0.137. The fraction of sp³-hybridized carbons (Fsp3) is 0.368. The van der Waals surface area contributed by atoms with Crippen LogP contribution in [-0.4, -0.2) is 47.2 Å². The lowest BCUT2D eigenvalue weighted by Gasteiger charge is -2.32. The zero-order chi connectivity index (χ0) is 19.2. The van der Waals surface area contributed by atoms with Crippen LogP contribution in [0.15, 0.2) is 36.5 Å². The van der Waals surface area contributed by atoms with Crippen LogP contribution in [0.1, 0.15) is 23.8 Å². The lowest BCUT2D eigenvalue weighted by Crippen LogP contribution is -2.39. The molecule has 0 radical (unpaired) electrons. The summed E-state index contributed by atoms with van der Waals surface area (Å²) in [5, 5.41) is 9.94. The number of hydrogen-bond acceptors (Lipinski definition) is 5. The predicted octanol–water partition coefficient (Wildman–Crippen LogP) is 3.82. The van der Waals surface area contributed by atoms with Crippen LogP contribution in [0.2, 0.25) is 10.0 Å². The number of carbonyl (C=O) groups is 1. The highest BCUT2D eigenvalue weighted by atomic mass is 35.5. The molecule has 1 saturated heterocycles. The molecule has 1 aliphatic heterocycles. The topological polar surface area (TPSA) is 71.9 Å². The highest BCUT2D eigenvalue weighted by molar-refractivity contribution is 6.35. The molecule has 2 aromatic rings. The molecule has 1 N–H and O–H groups in total. The van der Waals surface area contributed by atoms with Gasteiger partial charge in [0.1, 0.15) is 18.5 Å². The molecular formula is C19H20Cl2N2O4. The third-order valence-electron chi connectivity index (χ3n) is 4.33. The van der Waals surface area contributed by atoms with Gasteiger partial charge in [0.05, 0.1) is 24.9 Å². The van der Waals surface area contributed by atoms with Gasteiger partial charge in [-0.1, -0.05) is 29.3 Å². The van der Waals surface area contributed by atoms with Gasteiger partial charge in [0, 0.05) is 35.2 Å². The molecule has 1 aromatic heterocycles. The molecule has 1 fully saturated rings. The fourth-order valence-electron chi connectivity index (χ4n) is 2.83. The third-order valence-corrected chi connectivity index (χ3v) is 5.03. The van der Waals surface area contributed by atoms with Crippen LogP contribution in [0.25, 0.3) is 0 Å². The van der Waals surface area contributed by atoms with E-state index in [2.05, 4.69) is 9.88 Å². The van der Waals surface area contributed by atoms with Crippen molar-refractivity contribution in [1.82, 2.24) is 9.88 Å². The average Bonchev–Trinajstić information content (AvgIpc) is 2.67. The second-order valence-corrected chi connectivity index (χ2v) is 7.03. The van der Waals surface area contributed by atoms with Crippen molar-refractivity contribution in [2.24, 2.45) is 0 Å². The summed E-state index contributed by atoms with van der Waals surface area (Å²) in [7, 11) is 0. The smallest absolute Gasteiger partial charge is 0.304 e. The van der Waals surface area contributed by atoms with Crippen molar-refractivity contribution in [3.63, 3.8) is 0 Å². The Hall–Kier alpha value is -1.86. The van der Waals surface area contributed by atoms with Gasteiger partial charge in [-0.3, -0.25) is 14.7 Å². The molecule has 8 heteroatoms. The number of carboxylic acids is 1. The average molecular weight is 411 g/mol. The lowest BCUT2D eigenvalue weighted by atomic mass is 10.2. The van der Waals surface area contributed by atoms with E-state index in [0.29, 0.717) is 35.5 Å². The Balaban J connectivity index is 1.57. The number of benzene rings is 1. The van der Waals surface area contributed by atoms with E-state index >= 15 is 0 Å². The molecule has 3 rings (SSSR count). The quantitative estimate of drug-likeness (QED) is 0.747. The summed E-state index contributed by atoms with van der Waals surface area (Å²) >= 11 is 12.3. The van der Waals surface area contributed by atoms with Gasteiger partial charge < -0.3 is 14.6 Å². The van der Waals surface area contributed by atoms with Crippen molar-refractivity contribution in [1.29, 1.82) is 0 Å². The molecule has 0 spiro atoms. The van der Waals surface area contributed by atoms with Crippen LogP contribution < -0.4 is 4.74 Å². The van der Waals surface area contributed by atoms with Gasteiger partial charge in [0.25, 0.3) is 0 Å². The first kappa shape index (κ1) is 19.9. The van der Waals surface area contributed by atoms with Gasteiger partial charge in [-0.05, 0) is 24.3 Å². The van der Waals surface area contributed by atoms with E-state index in [0.717, 1.165) is 17.8 Å². The standard InChI is InChI=1S/C19H20Cl2N2O4/c20-15-2-1-3-16(21)14(15)12-27-13-4-5-17(22-10-13)18-11-23(8-9-26-18)7-6-19(24)25/h1-5,10,18H,6-9,11-12H2,(H,24,25). The Labute approximate surface area is 167 Å². The summed E-state index contributed by atoms with van der Waals surface area (Å²) in [6, 6.07) is 9.00. The number of aliphatic carboxylic acids is 1. The summed E-state index contributed by atoms with van der Waals surface area (Å²) in [6.07, 6.45) is 1.58. The zero-order valence-electron chi connectivity index (χ0n) is 14.6. The van der Waals surface area contributed by atoms with E-state index in [1.807, 2.05) is 12.1 Å². The van der Waals surface area contributed by atoms with Crippen LogP contribution in [-0.2, 0) is 16.1 Å². The molecule has 0 bridgehead atoms. The van der Waals surface area contributed by atoms with Crippen LogP contribution in [0.3, 0.4) is 0 Å². The molecule has 0 aliphatic carbocycles. The molecule has 6 nitrogen and oxygen atoms in total. The summed E-state index contributed by atoms with van der Waals surface area (Å²) in [5.41, 5.74) is 1.52. The third kappa shape index (κ3) is 5.56. The minimum Gasteiger partial charge on any atom is -0.487 e. The van der Waals surface area contributed by atoms with Crippen molar-refractivity contribution < 1.29 is 19.4 Å². The second kappa shape index (κ2) is 9.37. The Kier molecular flexibility index (Phi) is 6.90. The molecular weight excluding hydrogens is 391 g/mol. The number of morpholine rings is 1. The summed E-state index contributed by atoms with van der Waals surface area (Å²) in [6.45, 7) is 2.66. The number of hydrogen-bond donors (Lipinski definition) is 1. The molecule has 1 unspecified atom stereocenters. The largest absolute Gasteiger partial charge is 0.487 e. The van der Waals surface area contributed by atoms with Crippen LogP contribution in [0.5, 0.6) is 5.75 Å². The fourth-order valence-corrected chi connectivity index (χ4v) is 3.34. The van der Waals surface area contributed by atoms with Crippen molar-refractivity contribution >= 4 is 29.2 Å². The number of aromatic nitrogens is 1. The van der Waals surface area contributed by atoms with Crippen molar-refractivity contribution in [2.75, 3.05) is 26.2 Å². The van der Waals surface area contributed by atoms with E-state index in [1.54, 1.807) is 24.4 Å². The first-order valence-electron chi connectivity index (χ1n) is 8.60. The van der Waals surface area contributed by atoms with Crippen molar-refractivity contribution in [3.05, 3.63) is 57.8 Å². The minimum atomic E-state index is -0.795. The van der Waals surface area contributed by atoms with Crippen molar-refractivity contribution in [2.45, 2.75) is 19.1 Å². The van der Waals surface area contributed by atoms with E-state index in [4.69, 9.17) is 37.8 Å². The maximum atomic E-state index is 10.7. The monoisotopic (exact) mass is 410 g/mol. The maximum Gasteiger partial charge on any atom is 0.304 e. The maximum absolute atomic E-state index is 10.7. The zero-order valence-corrected chi connectivity index (χ0v) is 16.1. The van der Waals surface area contributed by atoms with Crippen molar-refractivity contribution in [3.8, 4) is 5.75 Å². The van der Waals surface area contributed by atoms with Crippen LogP contribution >= 0.6 is 23.2 Å². The Morgan fingerprint density at radius 3 is 2.74 bits per heavy atom. The van der Waals surface area contributed by atoms with Gasteiger partial charge in [-0.25, -0.2) is 0 Å². The van der Waals surface area contributed by atoms with Gasteiger partial charge in [0.2, 0.25) is 0 Å². The first-order valence-corrected chi connectivity index (χ1v) is 9.36. The number of pyridine rings is 1. The number of ether oxygens (including phenoxy) is 2. The molecule has 27 heavy (non-hydrogen) atoms. The van der Waals surface area contributed by atoms with Gasteiger partial charge in [0.15, 0.2) is 0 Å². The number of halogens is 2. The molecule has 0 amide bonds. The predicted molar refractivity (Wildman–Crippen MR) is 102 cm³/mol. The second-order valence-electron chi connectivity index (χ2n) is 6.21. The first-order chi connectivity index (χ1) is 13.0. The highest BCUT2D eigenvalue weighted by Crippen LogP contribution is 2.26. The van der Waals surface area contributed by atoms with E-state index in [1.165, 1.54) is 0 Å². The van der Waals surface area contributed by atoms with Gasteiger partial charge >= 0.3 is 5.97 Å². The summed E-state index contributed by atoms with van der Waals surface area (Å²) in [5.74, 6) is -0.190. The van der Waals surface area contributed by atoms with Crippen LogP contribution in [0.4, 0.5) is 0 Å². The molecule has 1 atom stereocenters. The molecule has 1 aliphatic rings. The normalized spacial score (nSPS) is 17.6. The Bertz CT molecular complexity index is 766. The van der Waals surface area contributed by atoms with Gasteiger partial charge in [-0.2, -0.15) is 0 Å². The SMILES string of the molecule is O=C(O)CCN1CCOC(c2ccc(OCc3c(Cl)cccc3Cl)cn2)C1. The molecule has 2 heterocycles. The molecule has 0 saturated carbocycles. The number of nitrogens with zero attached hydrogens (tertiary/aromatic N) is 2. The highest BCUT2D eigenvalue weighted by Gasteiger charge is 2.23. The molecule has 144 valence electrons. The van der Waals surface area contributed by atoms with Gasteiger partial charge in [-0.15, -0.1) is 0 Å². The van der Waals surface area contributed by atoms with Crippen LogP contribution in [0, 0.1) is 0 Å². The summed E-state index contributed by atoms with van der Waals surface area (Å²) in [4.78, 5) is 17.2. The van der Waals surface area contributed by atoms with E-state index < -0.39 is 5.97 Å². The van der Waals surface area contributed by atoms with E-state index in [-0.39, 0.29) is 19.1 Å².